The summed E-state index contributed by atoms with van der Waals surface area (Å²) in [5.41, 5.74) is -0.185. The normalized spacial score (nSPS) is 14.4. The van der Waals surface area contributed by atoms with E-state index >= 15 is 0 Å². The molecule has 0 radical (unpaired) electrons. The van der Waals surface area contributed by atoms with E-state index in [2.05, 4.69) is 29.4 Å². The number of hydrogen-bond donors (Lipinski definition) is 3. The zero-order chi connectivity index (χ0) is 15.3. The molecule has 19 heavy (non-hydrogen) atoms. The van der Waals surface area contributed by atoms with Crippen LogP contribution in [-0.4, -0.2) is 54.9 Å². The van der Waals surface area contributed by atoms with Crippen molar-refractivity contribution in [2.75, 3.05) is 27.2 Å². The summed E-state index contributed by atoms with van der Waals surface area (Å²) in [6.07, 6.45) is 0.309. The zero-order valence-corrected chi connectivity index (χ0v) is 13.5. The first-order chi connectivity index (χ1) is 8.46. The van der Waals surface area contributed by atoms with Gasteiger partial charge in [0.1, 0.15) is 0 Å². The van der Waals surface area contributed by atoms with Crippen LogP contribution in [0.25, 0.3) is 0 Å². The number of hydrogen-bond acceptors (Lipinski definition) is 3. The number of amides is 2. The highest BCUT2D eigenvalue weighted by molar-refractivity contribution is 5.73. The van der Waals surface area contributed by atoms with Crippen molar-refractivity contribution in [3.63, 3.8) is 0 Å². The van der Waals surface area contributed by atoms with Gasteiger partial charge in [-0.3, -0.25) is 0 Å². The van der Waals surface area contributed by atoms with Crippen LogP contribution in [0.1, 0.15) is 41.0 Å². The molecule has 0 aromatic carbocycles. The second kappa shape index (κ2) is 7.10. The SMILES string of the molecule is CC(O)CC(C)(C)CNC(=O)NCC(C)(C)N(C)C. The topological polar surface area (TPSA) is 64.6 Å². The molecule has 0 fully saturated rings. The molecule has 5 heteroatoms. The Morgan fingerprint density at radius 2 is 1.63 bits per heavy atom. The molecule has 3 N–H and O–H groups in total. The molecule has 0 aromatic rings. The lowest BCUT2D eigenvalue weighted by Gasteiger charge is -2.33. The number of nitrogens with one attached hydrogen (secondary N) is 2. The molecule has 1 unspecified atom stereocenters. The van der Waals surface area contributed by atoms with Gasteiger partial charge in [-0.05, 0) is 46.7 Å². The van der Waals surface area contributed by atoms with Gasteiger partial charge in [0.15, 0.2) is 0 Å². The Hall–Kier alpha value is -0.810. The smallest absolute Gasteiger partial charge is 0.314 e. The Bertz CT molecular complexity index is 286. The lowest BCUT2D eigenvalue weighted by atomic mass is 9.87. The summed E-state index contributed by atoms with van der Waals surface area (Å²) in [6, 6.07) is -0.159. The molecule has 0 aliphatic carbocycles. The number of urea groups is 1. The molecule has 0 aliphatic heterocycles. The highest BCUT2D eigenvalue weighted by Gasteiger charge is 2.23. The Kier molecular flexibility index (Phi) is 6.80. The Morgan fingerprint density at radius 3 is 2.05 bits per heavy atom. The van der Waals surface area contributed by atoms with Crippen molar-refractivity contribution in [3.05, 3.63) is 0 Å². The molecule has 0 spiro atoms. The fourth-order valence-electron chi connectivity index (χ4n) is 1.71. The monoisotopic (exact) mass is 273 g/mol. The predicted molar refractivity (Wildman–Crippen MR) is 79.2 cm³/mol. The van der Waals surface area contributed by atoms with Crippen LogP contribution in [0.4, 0.5) is 4.79 Å². The van der Waals surface area contributed by atoms with Crippen LogP contribution in [0.15, 0.2) is 0 Å². The number of likely N-dealkylation sites (N-methyl/N-ethyl adjacent to an activating group) is 1. The van der Waals surface area contributed by atoms with E-state index in [0.29, 0.717) is 19.5 Å². The standard InChI is InChI=1S/C14H31N3O2/c1-11(18)8-13(2,3)9-15-12(19)16-10-14(4,5)17(6)7/h11,18H,8-10H2,1-7H3,(H2,15,16,19). The molecule has 0 saturated carbocycles. The molecule has 0 rings (SSSR count). The molecule has 1 atom stereocenters. The second-order valence-electron chi connectivity index (χ2n) is 6.96. The Labute approximate surface area is 117 Å². The fraction of sp³-hybridized carbons (Fsp3) is 0.929. The van der Waals surface area contributed by atoms with Crippen molar-refractivity contribution in [2.45, 2.75) is 52.7 Å². The Morgan fingerprint density at radius 1 is 1.16 bits per heavy atom. The van der Waals surface area contributed by atoms with E-state index in [4.69, 9.17) is 0 Å². The molecule has 0 heterocycles. The second-order valence-corrected chi connectivity index (χ2v) is 6.96. The van der Waals surface area contributed by atoms with Gasteiger partial charge in [-0.25, -0.2) is 4.79 Å². The number of nitrogens with zero attached hydrogens (tertiary/aromatic N) is 1. The zero-order valence-electron chi connectivity index (χ0n) is 13.5. The van der Waals surface area contributed by atoms with Crippen molar-refractivity contribution >= 4 is 6.03 Å². The van der Waals surface area contributed by atoms with Crippen LogP contribution < -0.4 is 10.6 Å². The van der Waals surface area contributed by atoms with E-state index in [1.54, 1.807) is 6.92 Å². The van der Waals surface area contributed by atoms with Crippen LogP contribution >= 0.6 is 0 Å². The maximum atomic E-state index is 11.7. The van der Waals surface area contributed by atoms with Crippen LogP contribution in [0.3, 0.4) is 0 Å². The van der Waals surface area contributed by atoms with Crippen LogP contribution in [0.5, 0.6) is 0 Å². The van der Waals surface area contributed by atoms with Gasteiger partial charge >= 0.3 is 6.03 Å². The summed E-state index contributed by atoms with van der Waals surface area (Å²) < 4.78 is 0. The van der Waals surface area contributed by atoms with Crippen LogP contribution in [-0.2, 0) is 0 Å². The first kappa shape index (κ1) is 18.2. The molecular weight excluding hydrogens is 242 g/mol. The lowest BCUT2D eigenvalue weighted by Crippen LogP contribution is -2.51. The number of rotatable bonds is 7. The summed E-state index contributed by atoms with van der Waals surface area (Å²) in [6.45, 7) is 11.1. The highest BCUT2D eigenvalue weighted by Crippen LogP contribution is 2.20. The summed E-state index contributed by atoms with van der Waals surface area (Å²) in [5, 5.41) is 15.1. The first-order valence-corrected chi connectivity index (χ1v) is 6.83. The van der Waals surface area contributed by atoms with Crippen molar-refractivity contribution in [3.8, 4) is 0 Å². The first-order valence-electron chi connectivity index (χ1n) is 6.83. The van der Waals surface area contributed by atoms with Gasteiger partial charge in [0, 0.05) is 18.6 Å². The maximum absolute atomic E-state index is 11.7. The van der Waals surface area contributed by atoms with E-state index in [-0.39, 0.29) is 23.1 Å². The van der Waals surface area contributed by atoms with E-state index < -0.39 is 0 Å². The molecule has 5 nitrogen and oxygen atoms in total. The largest absolute Gasteiger partial charge is 0.393 e. The van der Waals surface area contributed by atoms with Gasteiger partial charge in [0.2, 0.25) is 0 Å². The summed E-state index contributed by atoms with van der Waals surface area (Å²) in [7, 11) is 3.98. The fourth-order valence-corrected chi connectivity index (χ4v) is 1.71. The average molecular weight is 273 g/mol. The van der Waals surface area contributed by atoms with E-state index in [1.165, 1.54) is 0 Å². The average Bonchev–Trinajstić information content (AvgIpc) is 2.21. The van der Waals surface area contributed by atoms with Gasteiger partial charge in [0.25, 0.3) is 0 Å². The number of carbonyl (C=O) groups is 1. The van der Waals surface area contributed by atoms with Crippen molar-refractivity contribution in [1.82, 2.24) is 15.5 Å². The number of aliphatic hydroxyl groups is 1. The Balaban J connectivity index is 4.07. The minimum Gasteiger partial charge on any atom is -0.393 e. The van der Waals surface area contributed by atoms with Gasteiger partial charge in [-0.15, -0.1) is 0 Å². The third kappa shape index (κ3) is 8.06. The van der Waals surface area contributed by atoms with E-state index in [1.807, 2.05) is 27.9 Å². The molecule has 0 saturated heterocycles. The third-order valence-corrected chi connectivity index (χ3v) is 3.47. The van der Waals surface area contributed by atoms with Gasteiger partial charge in [-0.1, -0.05) is 13.8 Å². The van der Waals surface area contributed by atoms with Crippen molar-refractivity contribution < 1.29 is 9.90 Å². The summed E-state index contributed by atoms with van der Waals surface area (Å²) in [5.74, 6) is 0. The quantitative estimate of drug-likeness (QED) is 0.657. The van der Waals surface area contributed by atoms with E-state index in [9.17, 15) is 9.90 Å². The summed E-state index contributed by atoms with van der Waals surface area (Å²) >= 11 is 0. The molecule has 114 valence electrons. The molecule has 0 bridgehead atoms. The lowest BCUT2D eigenvalue weighted by molar-refractivity contribution is 0.128. The molecular formula is C14H31N3O2. The third-order valence-electron chi connectivity index (χ3n) is 3.47. The molecule has 2 amide bonds. The summed E-state index contributed by atoms with van der Waals surface area (Å²) in [4.78, 5) is 13.8. The highest BCUT2D eigenvalue weighted by atomic mass is 16.3. The number of aliphatic hydroxyl groups excluding tert-OH is 1. The maximum Gasteiger partial charge on any atom is 0.314 e. The predicted octanol–water partition coefficient (Wildman–Crippen LogP) is 1.42. The van der Waals surface area contributed by atoms with Crippen LogP contribution in [0, 0.1) is 5.41 Å². The van der Waals surface area contributed by atoms with Gasteiger partial charge in [0.05, 0.1) is 6.10 Å². The molecule has 0 aromatic heterocycles. The minimum atomic E-state index is -0.354. The van der Waals surface area contributed by atoms with E-state index in [0.717, 1.165) is 0 Å². The minimum absolute atomic E-state index is 0.0769. The molecule has 0 aliphatic rings. The number of carbonyl (C=O) groups excluding carboxylic acids is 1. The van der Waals surface area contributed by atoms with Crippen LogP contribution in [0.2, 0.25) is 0 Å². The van der Waals surface area contributed by atoms with Gasteiger partial charge in [-0.2, -0.15) is 0 Å². The van der Waals surface area contributed by atoms with Crippen molar-refractivity contribution in [2.24, 2.45) is 5.41 Å². The van der Waals surface area contributed by atoms with Crippen molar-refractivity contribution in [1.29, 1.82) is 0 Å². The van der Waals surface area contributed by atoms with Gasteiger partial charge < -0.3 is 20.6 Å².